The molecule has 6 nitrogen and oxygen atoms in total. The fraction of sp³-hybridized carbons (Fsp3) is 0. The number of benzene rings is 3. The molecule has 0 atom stereocenters. The third-order valence-corrected chi connectivity index (χ3v) is 5.64. The van der Waals surface area contributed by atoms with Crippen molar-refractivity contribution in [2.75, 3.05) is 0 Å². The highest BCUT2D eigenvalue weighted by molar-refractivity contribution is 6.31. The molecule has 0 unspecified atom stereocenters. The summed E-state index contributed by atoms with van der Waals surface area (Å²) in [5.74, 6) is -0.604. The van der Waals surface area contributed by atoms with Crippen LogP contribution < -0.4 is 9.47 Å². The Morgan fingerprint density at radius 2 is 1.00 bits per heavy atom. The summed E-state index contributed by atoms with van der Waals surface area (Å²) in [6.45, 7) is 0. The first-order valence-electron chi connectivity index (χ1n) is 11.3. The van der Waals surface area contributed by atoms with Gasteiger partial charge in [-0.1, -0.05) is 23.7 Å². The summed E-state index contributed by atoms with van der Waals surface area (Å²) < 4.78 is 11.0. The molecule has 0 N–H and O–H groups in total. The Morgan fingerprint density at radius 1 is 0.568 bits per heavy atom. The Morgan fingerprint density at radius 3 is 1.38 bits per heavy atom. The average Bonchev–Trinajstić information content (AvgIpc) is 2.94. The summed E-state index contributed by atoms with van der Waals surface area (Å²) in [4.78, 5) is 34.2. The maximum atomic E-state index is 12.8. The van der Waals surface area contributed by atoms with Crippen molar-refractivity contribution < 1.29 is 19.1 Å². The van der Waals surface area contributed by atoms with Gasteiger partial charge in [-0.2, -0.15) is 0 Å². The van der Waals surface area contributed by atoms with Crippen LogP contribution in [0.15, 0.2) is 116 Å². The van der Waals surface area contributed by atoms with Crippen LogP contribution in [0.4, 0.5) is 0 Å². The largest absolute Gasteiger partial charge is 0.423 e. The molecule has 0 saturated heterocycles. The number of carbonyl (C=O) groups excluding carboxylic acids is 2. The van der Waals surface area contributed by atoms with Gasteiger partial charge in [0.25, 0.3) is 0 Å². The summed E-state index contributed by atoms with van der Waals surface area (Å²) in [6, 6.07) is 29.5. The lowest BCUT2D eigenvalue weighted by molar-refractivity contribution is 0.0734. The van der Waals surface area contributed by atoms with Crippen molar-refractivity contribution in [3.63, 3.8) is 0 Å². The highest BCUT2D eigenvalue weighted by Crippen LogP contribution is 2.24. The number of nitrogens with zero attached hydrogens (tertiary/aromatic N) is 2. The maximum absolute atomic E-state index is 12.8. The van der Waals surface area contributed by atoms with Crippen LogP contribution in [0.25, 0.3) is 22.5 Å². The number of ether oxygens (including phenoxy) is 2. The number of carbonyl (C=O) groups is 2. The van der Waals surface area contributed by atoms with Crippen molar-refractivity contribution in [3.05, 3.63) is 132 Å². The molecule has 180 valence electrons. The standard InChI is InChI=1S/C30H19ClN2O4/c31-24-18-22(29(34)36-25-11-7-20(8-12-25)27-5-1-3-15-32-27)17-23(19-24)30(35)37-26-13-9-21(10-14-26)28-6-2-4-16-33-28/h1-19H. The predicted octanol–water partition coefficient (Wildman–Crippen LogP) is 6.90. The van der Waals surface area contributed by atoms with Gasteiger partial charge in [0.05, 0.1) is 22.5 Å². The van der Waals surface area contributed by atoms with Crippen LogP contribution in [-0.4, -0.2) is 21.9 Å². The number of aromatic nitrogens is 2. The van der Waals surface area contributed by atoms with E-state index >= 15 is 0 Å². The quantitative estimate of drug-likeness (QED) is 0.184. The van der Waals surface area contributed by atoms with Gasteiger partial charge in [0.1, 0.15) is 11.5 Å². The van der Waals surface area contributed by atoms with Gasteiger partial charge in [-0.05, 0) is 91.0 Å². The summed E-state index contributed by atoms with van der Waals surface area (Å²) in [6.07, 6.45) is 3.42. The smallest absolute Gasteiger partial charge is 0.343 e. The zero-order chi connectivity index (χ0) is 25.6. The van der Waals surface area contributed by atoms with E-state index in [1.165, 1.54) is 18.2 Å². The molecule has 7 heteroatoms. The molecule has 0 amide bonds. The first-order valence-corrected chi connectivity index (χ1v) is 11.7. The van der Waals surface area contributed by atoms with Crippen LogP contribution in [0.5, 0.6) is 11.5 Å². The average molecular weight is 507 g/mol. The molecule has 5 aromatic rings. The number of rotatable bonds is 6. The van der Waals surface area contributed by atoms with E-state index in [2.05, 4.69) is 9.97 Å². The van der Waals surface area contributed by atoms with Gasteiger partial charge in [-0.3, -0.25) is 9.97 Å². The molecular formula is C30H19ClN2O4. The summed E-state index contributed by atoms with van der Waals surface area (Å²) in [7, 11) is 0. The third-order valence-electron chi connectivity index (χ3n) is 5.42. The Hall–Kier alpha value is -4.81. The fourth-order valence-corrected chi connectivity index (χ4v) is 3.85. The van der Waals surface area contributed by atoms with Crippen LogP contribution >= 0.6 is 11.6 Å². The van der Waals surface area contributed by atoms with Crippen molar-refractivity contribution in [3.8, 4) is 34.0 Å². The summed E-state index contributed by atoms with van der Waals surface area (Å²) in [5.41, 5.74) is 3.65. The predicted molar refractivity (Wildman–Crippen MR) is 141 cm³/mol. The number of esters is 2. The van der Waals surface area contributed by atoms with E-state index in [1.54, 1.807) is 36.7 Å². The number of hydrogen-bond acceptors (Lipinski definition) is 6. The second-order valence-electron chi connectivity index (χ2n) is 7.99. The van der Waals surface area contributed by atoms with Crippen LogP contribution in [0.1, 0.15) is 20.7 Å². The number of pyridine rings is 2. The topological polar surface area (TPSA) is 78.4 Å². The molecule has 0 aliphatic heterocycles. The fourth-order valence-electron chi connectivity index (χ4n) is 3.61. The number of halogens is 1. The first-order chi connectivity index (χ1) is 18.0. The Kier molecular flexibility index (Phi) is 7.01. The van der Waals surface area contributed by atoms with Crippen molar-refractivity contribution in [1.29, 1.82) is 0 Å². The van der Waals surface area contributed by atoms with E-state index < -0.39 is 11.9 Å². The molecule has 0 saturated carbocycles. The molecule has 5 rings (SSSR count). The molecule has 0 aliphatic rings. The van der Waals surface area contributed by atoms with Gasteiger partial charge in [0.2, 0.25) is 0 Å². The van der Waals surface area contributed by atoms with Crippen LogP contribution in [0.2, 0.25) is 5.02 Å². The molecule has 2 heterocycles. The third kappa shape index (κ3) is 5.89. The molecule has 2 aromatic heterocycles. The normalized spacial score (nSPS) is 10.5. The highest BCUT2D eigenvalue weighted by Gasteiger charge is 2.16. The highest BCUT2D eigenvalue weighted by atomic mass is 35.5. The van der Waals surface area contributed by atoms with Crippen molar-refractivity contribution >= 4 is 23.5 Å². The summed E-state index contributed by atoms with van der Waals surface area (Å²) >= 11 is 6.19. The maximum Gasteiger partial charge on any atom is 0.343 e. The van der Waals surface area contributed by atoms with E-state index in [0.29, 0.717) is 11.5 Å². The molecule has 0 radical (unpaired) electrons. The monoisotopic (exact) mass is 506 g/mol. The molecular weight excluding hydrogens is 488 g/mol. The van der Waals surface area contributed by atoms with E-state index in [1.807, 2.05) is 60.7 Å². The second-order valence-corrected chi connectivity index (χ2v) is 8.42. The first kappa shape index (κ1) is 23.9. The molecule has 0 aliphatic carbocycles. The van der Waals surface area contributed by atoms with Gasteiger partial charge in [-0.15, -0.1) is 0 Å². The Balaban J connectivity index is 1.27. The van der Waals surface area contributed by atoms with Crippen LogP contribution in [-0.2, 0) is 0 Å². The molecule has 0 fully saturated rings. The minimum Gasteiger partial charge on any atom is -0.423 e. The van der Waals surface area contributed by atoms with Crippen molar-refractivity contribution in [1.82, 2.24) is 9.97 Å². The lowest BCUT2D eigenvalue weighted by Crippen LogP contribution is -2.13. The van der Waals surface area contributed by atoms with Gasteiger partial charge >= 0.3 is 11.9 Å². The minimum atomic E-state index is -0.651. The van der Waals surface area contributed by atoms with Crippen LogP contribution in [0, 0.1) is 0 Å². The minimum absolute atomic E-state index is 0.124. The molecule has 3 aromatic carbocycles. The van der Waals surface area contributed by atoms with Crippen molar-refractivity contribution in [2.24, 2.45) is 0 Å². The molecule has 0 bridgehead atoms. The van der Waals surface area contributed by atoms with E-state index in [-0.39, 0.29) is 16.1 Å². The van der Waals surface area contributed by atoms with Gasteiger partial charge in [0.15, 0.2) is 0 Å². The lowest BCUT2D eigenvalue weighted by atomic mass is 10.1. The van der Waals surface area contributed by atoms with Gasteiger partial charge < -0.3 is 9.47 Å². The Bertz CT molecular complexity index is 1420. The number of hydrogen-bond donors (Lipinski definition) is 0. The van der Waals surface area contributed by atoms with E-state index in [9.17, 15) is 9.59 Å². The van der Waals surface area contributed by atoms with Crippen LogP contribution in [0.3, 0.4) is 0 Å². The lowest BCUT2D eigenvalue weighted by Gasteiger charge is -2.09. The van der Waals surface area contributed by atoms with E-state index in [4.69, 9.17) is 21.1 Å². The van der Waals surface area contributed by atoms with E-state index in [0.717, 1.165) is 22.5 Å². The summed E-state index contributed by atoms with van der Waals surface area (Å²) in [5, 5.41) is 0.206. The van der Waals surface area contributed by atoms with Gasteiger partial charge in [-0.25, -0.2) is 9.59 Å². The molecule has 37 heavy (non-hydrogen) atoms. The zero-order valence-electron chi connectivity index (χ0n) is 19.4. The molecule has 0 spiro atoms. The SMILES string of the molecule is O=C(Oc1ccc(-c2ccccn2)cc1)c1cc(Cl)cc(C(=O)Oc2ccc(-c3ccccn3)cc2)c1. The second kappa shape index (κ2) is 10.8. The zero-order valence-corrected chi connectivity index (χ0v) is 20.1. The van der Waals surface area contributed by atoms with Crippen molar-refractivity contribution in [2.45, 2.75) is 0 Å². The Labute approximate surface area is 218 Å². The van der Waals surface area contributed by atoms with Gasteiger partial charge in [0, 0.05) is 28.5 Å².